The van der Waals surface area contributed by atoms with Crippen LogP contribution in [0.25, 0.3) is 0 Å². The number of nitrogens with one attached hydrogen (secondary N) is 1. The second-order valence-corrected chi connectivity index (χ2v) is 6.10. The Morgan fingerprint density at radius 3 is 2.39 bits per heavy atom. The molecule has 0 spiro atoms. The van der Waals surface area contributed by atoms with E-state index in [1.165, 1.54) is 4.90 Å². The number of hydrogen-bond acceptors (Lipinski definition) is 3. The Kier molecular flexibility index (Phi) is 5.84. The maximum absolute atomic E-state index is 12.2. The molecule has 1 saturated heterocycles. The van der Waals surface area contributed by atoms with Crippen molar-refractivity contribution in [3.8, 4) is 5.75 Å². The molecule has 0 radical (unpaired) electrons. The molecule has 0 aromatic heterocycles. The molecule has 0 bridgehead atoms. The van der Waals surface area contributed by atoms with Gasteiger partial charge >= 0.3 is 6.03 Å². The van der Waals surface area contributed by atoms with Crippen molar-refractivity contribution in [1.29, 1.82) is 0 Å². The summed E-state index contributed by atoms with van der Waals surface area (Å²) < 4.78 is 5.53. The van der Waals surface area contributed by atoms with E-state index in [-0.39, 0.29) is 24.6 Å². The van der Waals surface area contributed by atoms with Gasteiger partial charge in [0.1, 0.15) is 5.75 Å². The Balaban J connectivity index is 1.73. The van der Waals surface area contributed by atoms with E-state index < -0.39 is 0 Å². The van der Waals surface area contributed by atoms with Gasteiger partial charge in [-0.15, -0.1) is 0 Å². The third-order valence-electron chi connectivity index (χ3n) is 3.96. The van der Waals surface area contributed by atoms with Crippen molar-refractivity contribution in [3.05, 3.63) is 29.8 Å². The lowest BCUT2D eigenvalue weighted by molar-refractivity contribution is -0.134. The highest BCUT2D eigenvalue weighted by molar-refractivity contribution is 5.78. The lowest BCUT2D eigenvalue weighted by Crippen LogP contribution is -2.49. The molecule has 1 aliphatic rings. The molecule has 2 rings (SSSR count). The molecule has 0 atom stereocenters. The molecule has 1 heterocycles. The average molecular weight is 319 g/mol. The zero-order valence-electron chi connectivity index (χ0n) is 14.0. The van der Waals surface area contributed by atoms with Crippen molar-refractivity contribution in [2.45, 2.75) is 25.8 Å². The summed E-state index contributed by atoms with van der Waals surface area (Å²) in [5, 5.41) is 2.96. The normalized spacial score (nSPS) is 15.2. The average Bonchev–Trinajstić information content (AvgIpc) is 2.54. The molecule has 23 heavy (non-hydrogen) atoms. The van der Waals surface area contributed by atoms with Gasteiger partial charge in [0, 0.05) is 33.2 Å². The van der Waals surface area contributed by atoms with E-state index in [4.69, 9.17) is 4.74 Å². The quantitative estimate of drug-likeness (QED) is 0.917. The first kappa shape index (κ1) is 17.1. The summed E-state index contributed by atoms with van der Waals surface area (Å²) in [5.74, 6) is 0.694. The van der Waals surface area contributed by atoms with Gasteiger partial charge in [0.25, 0.3) is 5.91 Å². The van der Waals surface area contributed by atoms with Crippen molar-refractivity contribution >= 4 is 11.9 Å². The Morgan fingerprint density at radius 1 is 1.22 bits per heavy atom. The summed E-state index contributed by atoms with van der Waals surface area (Å²) in [6.07, 6.45) is 1.55. The number of hydrogen-bond donors (Lipinski definition) is 1. The Hall–Kier alpha value is -2.24. The third-order valence-corrected chi connectivity index (χ3v) is 3.96. The van der Waals surface area contributed by atoms with E-state index >= 15 is 0 Å². The summed E-state index contributed by atoms with van der Waals surface area (Å²) in [4.78, 5) is 27.1. The molecule has 0 saturated carbocycles. The van der Waals surface area contributed by atoms with Crippen LogP contribution in [0.5, 0.6) is 5.75 Å². The lowest BCUT2D eigenvalue weighted by atomic mass is 10.1. The van der Waals surface area contributed by atoms with Crippen LogP contribution < -0.4 is 10.1 Å². The van der Waals surface area contributed by atoms with Crippen molar-refractivity contribution in [3.63, 3.8) is 0 Å². The monoisotopic (exact) mass is 319 g/mol. The number of benzene rings is 1. The fraction of sp³-hybridized carbons (Fsp3) is 0.529. The van der Waals surface area contributed by atoms with E-state index in [1.54, 1.807) is 19.0 Å². The summed E-state index contributed by atoms with van der Waals surface area (Å²) in [6, 6.07) is 7.69. The van der Waals surface area contributed by atoms with Crippen LogP contribution >= 0.6 is 0 Å². The number of urea groups is 1. The Labute approximate surface area is 137 Å². The minimum absolute atomic E-state index is 0.0111. The van der Waals surface area contributed by atoms with Gasteiger partial charge in [-0.2, -0.15) is 0 Å². The van der Waals surface area contributed by atoms with Crippen LogP contribution in [0.1, 0.15) is 18.4 Å². The summed E-state index contributed by atoms with van der Waals surface area (Å²) in [7, 11) is 3.44. The number of rotatable bonds is 4. The van der Waals surface area contributed by atoms with E-state index in [9.17, 15) is 9.59 Å². The molecule has 1 aliphatic heterocycles. The number of amides is 3. The maximum atomic E-state index is 12.2. The number of piperidine rings is 1. The predicted octanol–water partition coefficient (Wildman–Crippen LogP) is 1.64. The molecular weight excluding hydrogens is 294 g/mol. The zero-order valence-corrected chi connectivity index (χ0v) is 14.0. The van der Waals surface area contributed by atoms with Crippen LogP contribution in [0, 0.1) is 6.92 Å². The number of aryl methyl sites for hydroxylation is 1. The maximum Gasteiger partial charge on any atom is 0.317 e. The lowest BCUT2D eigenvalue weighted by Gasteiger charge is -2.32. The van der Waals surface area contributed by atoms with Crippen LogP contribution in [-0.4, -0.2) is 61.6 Å². The van der Waals surface area contributed by atoms with E-state index in [2.05, 4.69) is 5.32 Å². The van der Waals surface area contributed by atoms with Crippen LogP contribution in [0.2, 0.25) is 0 Å². The zero-order chi connectivity index (χ0) is 16.8. The van der Waals surface area contributed by atoms with Crippen molar-refractivity contribution in [2.75, 3.05) is 33.8 Å². The van der Waals surface area contributed by atoms with Crippen LogP contribution in [0.3, 0.4) is 0 Å². The first-order chi connectivity index (χ1) is 11.0. The fourth-order valence-electron chi connectivity index (χ4n) is 2.45. The molecule has 1 N–H and O–H groups in total. The van der Waals surface area contributed by atoms with Gasteiger partial charge in [0.2, 0.25) is 0 Å². The number of nitrogens with zero attached hydrogens (tertiary/aromatic N) is 2. The molecule has 6 heteroatoms. The van der Waals surface area contributed by atoms with Gasteiger partial charge in [-0.3, -0.25) is 4.79 Å². The standard InChI is InChI=1S/C17H25N3O3/c1-13-4-6-15(7-5-13)23-12-16(21)20-10-8-14(9-11-20)18-17(22)19(2)3/h4-7,14H,8-12H2,1-3H3,(H,18,22). The summed E-state index contributed by atoms with van der Waals surface area (Å²) in [6.45, 7) is 3.36. The predicted molar refractivity (Wildman–Crippen MR) is 88.5 cm³/mol. The van der Waals surface area contributed by atoms with Crippen molar-refractivity contribution in [2.24, 2.45) is 0 Å². The fourth-order valence-corrected chi connectivity index (χ4v) is 2.45. The molecule has 6 nitrogen and oxygen atoms in total. The van der Waals surface area contributed by atoms with E-state index in [1.807, 2.05) is 31.2 Å². The summed E-state index contributed by atoms with van der Waals surface area (Å²) >= 11 is 0. The van der Waals surface area contributed by atoms with E-state index in [0.29, 0.717) is 18.8 Å². The van der Waals surface area contributed by atoms with Crippen LogP contribution in [-0.2, 0) is 4.79 Å². The van der Waals surface area contributed by atoms with Gasteiger partial charge in [-0.25, -0.2) is 4.79 Å². The number of carbonyl (C=O) groups excluding carboxylic acids is 2. The largest absolute Gasteiger partial charge is 0.484 e. The Bertz CT molecular complexity index is 535. The third kappa shape index (κ3) is 5.16. The SMILES string of the molecule is Cc1ccc(OCC(=O)N2CCC(NC(=O)N(C)C)CC2)cc1. The second kappa shape index (κ2) is 7.85. The number of ether oxygens (including phenoxy) is 1. The molecule has 0 unspecified atom stereocenters. The summed E-state index contributed by atoms with van der Waals surface area (Å²) in [5.41, 5.74) is 1.16. The number of likely N-dealkylation sites (tertiary alicyclic amines) is 1. The molecule has 1 aromatic carbocycles. The van der Waals surface area contributed by atoms with Gasteiger partial charge in [-0.1, -0.05) is 17.7 Å². The van der Waals surface area contributed by atoms with E-state index in [0.717, 1.165) is 18.4 Å². The molecule has 1 fully saturated rings. The molecule has 3 amide bonds. The van der Waals surface area contributed by atoms with Crippen LogP contribution in [0.15, 0.2) is 24.3 Å². The van der Waals surface area contributed by atoms with Gasteiger partial charge in [-0.05, 0) is 31.9 Å². The molecule has 0 aliphatic carbocycles. The first-order valence-electron chi connectivity index (χ1n) is 7.91. The van der Waals surface area contributed by atoms with Crippen molar-refractivity contribution in [1.82, 2.24) is 15.1 Å². The minimum atomic E-state index is -0.0857. The topological polar surface area (TPSA) is 61.9 Å². The van der Waals surface area contributed by atoms with Gasteiger partial charge in [0.15, 0.2) is 6.61 Å². The molecular formula is C17H25N3O3. The van der Waals surface area contributed by atoms with Crippen LogP contribution in [0.4, 0.5) is 4.79 Å². The highest BCUT2D eigenvalue weighted by Gasteiger charge is 2.24. The van der Waals surface area contributed by atoms with Gasteiger partial charge in [0.05, 0.1) is 0 Å². The second-order valence-electron chi connectivity index (χ2n) is 6.10. The highest BCUT2D eigenvalue weighted by atomic mass is 16.5. The van der Waals surface area contributed by atoms with Gasteiger partial charge < -0.3 is 19.9 Å². The first-order valence-corrected chi connectivity index (χ1v) is 7.91. The molecule has 1 aromatic rings. The number of carbonyl (C=O) groups is 2. The highest BCUT2D eigenvalue weighted by Crippen LogP contribution is 2.13. The Morgan fingerprint density at radius 2 is 1.83 bits per heavy atom. The minimum Gasteiger partial charge on any atom is -0.484 e. The molecule has 126 valence electrons. The smallest absolute Gasteiger partial charge is 0.317 e. The van der Waals surface area contributed by atoms with Crippen molar-refractivity contribution < 1.29 is 14.3 Å².